The van der Waals surface area contributed by atoms with Gasteiger partial charge in [-0.1, -0.05) is 12.8 Å². The number of nitrogens with one attached hydrogen (secondary N) is 2. The second kappa shape index (κ2) is 10.6. The van der Waals surface area contributed by atoms with Gasteiger partial charge >= 0.3 is 0 Å². The van der Waals surface area contributed by atoms with Gasteiger partial charge in [0.05, 0.1) is 5.41 Å². The zero-order valence-electron chi connectivity index (χ0n) is 17.3. The van der Waals surface area contributed by atoms with Gasteiger partial charge in [0.2, 0.25) is 5.91 Å². The second-order valence-electron chi connectivity index (χ2n) is 7.46. The first kappa shape index (κ1) is 23.1. The van der Waals surface area contributed by atoms with Gasteiger partial charge in [-0.25, -0.2) is 9.97 Å². The highest BCUT2D eigenvalue weighted by Gasteiger charge is 2.42. The van der Waals surface area contributed by atoms with Gasteiger partial charge in [-0.2, -0.15) is 0 Å². The standard InChI is InChI=1S/C20H29N7O.HI/c1-21-19(25-14-20(7-4-5-8-20)18(28)26(2)3)24-13-16-6-9-23-17(12-16)27-11-10-22-15-27;/h6,9-12,15H,4-5,7-8,13-14H2,1-3H3,(H2,21,24,25);1H. The monoisotopic (exact) mass is 511 g/mol. The molecule has 1 aliphatic rings. The minimum absolute atomic E-state index is 0. The third-order valence-electron chi connectivity index (χ3n) is 5.28. The Bertz CT molecular complexity index is 814. The lowest BCUT2D eigenvalue weighted by Gasteiger charge is -2.31. The topological polar surface area (TPSA) is 87.4 Å². The number of aliphatic imine (C=N–C) groups is 1. The normalized spacial score (nSPS) is 15.5. The average Bonchev–Trinajstić information content (AvgIpc) is 3.40. The first-order valence-electron chi connectivity index (χ1n) is 9.64. The van der Waals surface area contributed by atoms with Crippen molar-refractivity contribution in [2.45, 2.75) is 32.2 Å². The smallest absolute Gasteiger partial charge is 0.230 e. The zero-order chi connectivity index (χ0) is 20.0. The fourth-order valence-corrected chi connectivity index (χ4v) is 3.76. The van der Waals surface area contributed by atoms with E-state index in [1.54, 1.807) is 30.7 Å². The van der Waals surface area contributed by atoms with Crippen LogP contribution < -0.4 is 10.6 Å². The number of pyridine rings is 1. The molecule has 2 heterocycles. The highest BCUT2D eigenvalue weighted by atomic mass is 127. The van der Waals surface area contributed by atoms with Gasteiger partial charge in [-0.3, -0.25) is 14.4 Å². The molecule has 0 aliphatic heterocycles. The fraction of sp³-hybridized carbons (Fsp3) is 0.500. The summed E-state index contributed by atoms with van der Waals surface area (Å²) < 4.78 is 1.87. The van der Waals surface area contributed by atoms with Crippen LogP contribution in [0, 0.1) is 5.41 Å². The maximum atomic E-state index is 12.7. The van der Waals surface area contributed by atoms with Crippen molar-refractivity contribution in [2.75, 3.05) is 27.7 Å². The molecular weight excluding hydrogens is 481 g/mol. The third kappa shape index (κ3) is 5.68. The number of hydrogen-bond acceptors (Lipinski definition) is 4. The molecule has 0 bridgehead atoms. The summed E-state index contributed by atoms with van der Waals surface area (Å²) in [6.45, 7) is 1.21. The predicted molar refractivity (Wildman–Crippen MR) is 125 cm³/mol. The molecule has 0 aromatic carbocycles. The Morgan fingerprint density at radius 3 is 2.66 bits per heavy atom. The molecule has 8 nitrogen and oxygen atoms in total. The Labute approximate surface area is 189 Å². The van der Waals surface area contributed by atoms with Crippen molar-refractivity contribution >= 4 is 35.8 Å². The summed E-state index contributed by atoms with van der Waals surface area (Å²) in [4.78, 5) is 27.2. The van der Waals surface area contributed by atoms with Crippen LogP contribution in [0.2, 0.25) is 0 Å². The van der Waals surface area contributed by atoms with E-state index < -0.39 is 0 Å². The molecule has 2 aromatic heterocycles. The Balaban J connectivity index is 0.00000300. The number of nitrogens with zero attached hydrogens (tertiary/aromatic N) is 5. The molecule has 3 rings (SSSR count). The van der Waals surface area contributed by atoms with Gasteiger partial charge < -0.3 is 15.5 Å². The number of amides is 1. The van der Waals surface area contributed by atoms with Crippen LogP contribution in [0.5, 0.6) is 0 Å². The number of carbonyl (C=O) groups excluding carboxylic acids is 1. The molecule has 2 aromatic rings. The van der Waals surface area contributed by atoms with Crippen molar-refractivity contribution in [3.05, 3.63) is 42.6 Å². The SMILES string of the molecule is CN=C(NCc1ccnc(-n2ccnc2)c1)NCC1(C(=O)N(C)C)CCCC1.I. The predicted octanol–water partition coefficient (Wildman–Crippen LogP) is 2.20. The van der Waals surface area contributed by atoms with Crippen LogP contribution in [0.15, 0.2) is 42.0 Å². The number of aromatic nitrogens is 3. The lowest BCUT2D eigenvalue weighted by molar-refractivity contribution is -0.138. The quantitative estimate of drug-likeness (QED) is 0.353. The van der Waals surface area contributed by atoms with Crippen molar-refractivity contribution in [2.24, 2.45) is 10.4 Å². The summed E-state index contributed by atoms with van der Waals surface area (Å²) in [5, 5.41) is 6.69. The molecule has 0 unspecified atom stereocenters. The van der Waals surface area contributed by atoms with Crippen molar-refractivity contribution < 1.29 is 4.79 Å². The fourth-order valence-electron chi connectivity index (χ4n) is 3.76. The first-order chi connectivity index (χ1) is 13.5. The Morgan fingerprint density at radius 1 is 1.28 bits per heavy atom. The van der Waals surface area contributed by atoms with Gasteiger partial charge in [0, 0.05) is 52.8 Å². The highest BCUT2D eigenvalue weighted by Crippen LogP contribution is 2.38. The van der Waals surface area contributed by atoms with Crippen LogP contribution in [0.25, 0.3) is 5.82 Å². The van der Waals surface area contributed by atoms with Gasteiger partial charge in [0.25, 0.3) is 0 Å². The zero-order valence-corrected chi connectivity index (χ0v) is 19.6. The first-order valence-corrected chi connectivity index (χ1v) is 9.64. The van der Waals surface area contributed by atoms with Crippen LogP contribution in [-0.4, -0.2) is 59.0 Å². The maximum Gasteiger partial charge on any atom is 0.230 e. The lowest BCUT2D eigenvalue weighted by Crippen LogP contribution is -2.49. The number of hydrogen-bond donors (Lipinski definition) is 2. The molecule has 2 N–H and O–H groups in total. The molecule has 1 aliphatic carbocycles. The van der Waals surface area contributed by atoms with Crippen LogP contribution in [0.4, 0.5) is 0 Å². The van der Waals surface area contributed by atoms with E-state index in [0.717, 1.165) is 37.1 Å². The maximum absolute atomic E-state index is 12.7. The van der Waals surface area contributed by atoms with Crippen LogP contribution in [0.1, 0.15) is 31.2 Å². The summed E-state index contributed by atoms with van der Waals surface area (Å²) in [5.41, 5.74) is 0.758. The molecule has 0 radical (unpaired) electrons. The molecule has 29 heavy (non-hydrogen) atoms. The van der Waals surface area contributed by atoms with Crippen molar-refractivity contribution in [3.63, 3.8) is 0 Å². The molecule has 0 spiro atoms. The van der Waals surface area contributed by atoms with Crippen molar-refractivity contribution in [1.29, 1.82) is 0 Å². The van der Waals surface area contributed by atoms with E-state index in [2.05, 4.69) is 25.6 Å². The Kier molecular flexibility index (Phi) is 8.42. The van der Waals surface area contributed by atoms with Crippen LogP contribution in [0.3, 0.4) is 0 Å². The molecule has 1 amide bonds. The van der Waals surface area contributed by atoms with Gasteiger partial charge in [-0.15, -0.1) is 24.0 Å². The van der Waals surface area contributed by atoms with Gasteiger partial charge in [0.15, 0.2) is 5.96 Å². The molecule has 158 valence electrons. The minimum atomic E-state index is -0.327. The average molecular weight is 511 g/mol. The van der Waals surface area contributed by atoms with E-state index >= 15 is 0 Å². The minimum Gasteiger partial charge on any atom is -0.355 e. The summed E-state index contributed by atoms with van der Waals surface area (Å²) in [7, 11) is 5.40. The molecule has 1 fully saturated rings. The summed E-state index contributed by atoms with van der Waals surface area (Å²) in [5.74, 6) is 1.71. The summed E-state index contributed by atoms with van der Waals surface area (Å²) in [6.07, 6.45) is 11.1. The number of rotatable bonds is 6. The number of halogens is 1. The number of carbonyl (C=O) groups is 1. The van der Waals surface area contributed by atoms with Gasteiger partial charge in [0.1, 0.15) is 12.1 Å². The summed E-state index contributed by atoms with van der Waals surface area (Å²) in [6, 6.07) is 3.98. The van der Waals surface area contributed by atoms with E-state index in [0.29, 0.717) is 19.0 Å². The van der Waals surface area contributed by atoms with Crippen molar-refractivity contribution in [3.8, 4) is 5.82 Å². The molecule has 0 saturated heterocycles. The second-order valence-corrected chi connectivity index (χ2v) is 7.46. The van der Waals surface area contributed by atoms with E-state index in [-0.39, 0.29) is 35.3 Å². The molecule has 1 saturated carbocycles. The van der Waals surface area contributed by atoms with E-state index in [1.807, 2.05) is 37.0 Å². The number of guanidine groups is 1. The third-order valence-corrected chi connectivity index (χ3v) is 5.28. The number of imidazole rings is 1. The van der Waals surface area contributed by atoms with Gasteiger partial charge in [-0.05, 0) is 30.5 Å². The van der Waals surface area contributed by atoms with E-state index in [1.165, 1.54) is 0 Å². The molecular formula is C20H30IN7O. The lowest BCUT2D eigenvalue weighted by atomic mass is 9.84. The van der Waals surface area contributed by atoms with E-state index in [4.69, 9.17) is 0 Å². The van der Waals surface area contributed by atoms with E-state index in [9.17, 15) is 4.79 Å². The molecule has 9 heteroatoms. The summed E-state index contributed by atoms with van der Waals surface area (Å²) >= 11 is 0. The Hall–Kier alpha value is -2.17. The van der Waals surface area contributed by atoms with Crippen molar-refractivity contribution in [1.82, 2.24) is 30.1 Å². The molecule has 0 atom stereocenters. The highest BCUT2D eigenvalue weighted by molar-refractivity contribution is 14.0. The van der Waals surface area contributed by atoms with Crippen LogP contribution >= 0.6 is 24.0 Å². The largest absolute Gasteiger partial charge is 0.355 e. The Morgan fingerprint density at radius 2 is 2.03 bits per heavy atom. The van der Waals surface area contributed by atoms with Crippen LogP contribution in [-0.2, 0) is 11.3 Å².